The minimum atomic E-state index is -0.123. The Morgan fingerprint density at radius 2 is 2.11 bits per heavy atom. The monoisotopic (exact) mass is 248 g/mol. The van der Waals surface area contributed by atoms with Gasteiger partial charge in [-0.1, -0.05) is 30.7 Å². The van der Waals surface area contributed by atoms with Gasteiger partial charge in [-0.2, -0.15) is 0 Å². The van der Waals surface area contributed by atoms with Crippen LogP contribution in [0.3, 0.4) is 0 Å². The number of benzene rings is 1. The van der Waals surface area contributed by atoms with Gasteiger partial charge in [-0.25, -0.2) is 0 Å². The molecule has 1 atom stereocenters. The molecular formula is C15H24N2O. The highest BCUT2D eigenvalue weighted by Crippen LogP contribution is 2.24. The number of nitrogens with one attached hydrogen (secondary N) is 1. The molecule has 0 fully saturated rings. The highest BCUT2D eigenvalue weighted by Gasteiger charge is 2.20. The summed E-state index contributed by atoms with van der Waals surface area (Å²) < 4.78 is 0. The van der Waals surface area contributed by atoms with Crippen LogP contribution in [-0.2, 0) is 4.79 Å². The van der Waals surface area contributed by atoms with E-state index >= 15 is 0 Å². The van der Waals surface area contributed by atoms with E-state index in [1.165, 1.54) is 11.1 Å². The van der Waals surface area contributed by atoms with Crippen LogP contribution in [0, 0.1) is 13.8 Å². The summed E-state index contributed by atoms with van der Waals surface area (Å²) >= 11 is 0. The Morgan fingerprint density at radius 1 is 1.39 bits per heavy atom. The minimum absolute atomic E-state index is 0.0919. The van der Waals surface area contributed by atoms with Gasteiger partial charge < -0.3 is 11.1 Å². The van der Waals surface area contributed by atoms with E-state index in [9.17, 15) is 4.79 Å². The van der Waals surface area contributed by atoms with Gasteiger partial charge in [0.25, 0.3) is 0 Å². The van der Waals surface area contributed by atoms with Crippen LogP contribution in [0.25, 0.3) is 0 Å². The molecule has 0 saturated heterocycles. The number of carbonyl (C=O) groups excluding carboxylic acids is 1. The second-order valence-electron chi connectivity index (χ2n) is 4.78. The summed E-state index contributed by atoms with van der Waals surface area (Å²) in [6.07, 6.45) is 1.65. The number of hydrogen-bond acceptors (Lipinski definition) is 2. The molecule has 0 radical (unpaired) electrons. The maximum absolute atomic E-state index is 12.2. The molecular weight excluding hydrogens is 224 g/mol. The Morgan fingerprint density at radius 3 is 2.67 bits per heavy atom. The van der Waals surface area contributed by atoms with Gasteiger partial charge >= 0.3 is 0 Å². The smallest absolute Gasteiger partial charge is 0.227 e. The predicted octanol–water partition coefficient (Wildman–Crippen LogP) is 2.26. The quantitative estimate of drug-likeness (QED) is 0.811. The van der Waals surface area contributed by atoms with E-state index in [4.69, 9.17) is 5.73 Å². The Labute approximate surface area is 110 Å². The second-order valence-corrected chi connectivity index (χ2v) is 4.78. The average molecular weight is 248 g/mol. The third-order valence-corrected chi connectivity index (χ3v) is 3.12. The summed E-state index contributed by atoms with van der Waals surface area (Å²) in [4.78, 5) is 12.2. The van der Waals surface area contributed by atoms with Crippen molar-refractivity contribution in [2.75, 3.05) is 13.1 Å². The molecule has 0 aliphatic rings. The lowest BCUT2D eigenvalue weighted by molar-refractivity contribution is -0.122. The van der Waals surface area contributed by atoms with Crippen molar-refractivity contribution in [1.29, 1.82) is 0 Å². The van der Waals surface area contributed by atoms with Crippen LogP contribution in [0.5, 0.6) is 0 Å². The van der Waals surface area contributed by atoms with Gasteiger partial charge in [0.05, 0.1) is 5.92 Å². The van der Waals surface area contributed by atoms with E-state index in [2.05, 4.69) is 44.3 Å². The molecule has 3 heteroatoms. The van der Waals surface area contributed by atoms with E-state index in [0.29, 0.717) is 13.0 Å². The molecule has 1 aromatic rings. The van der Waals surface area contributed by atoms with Crippen molar-refractivity contribution in [2.24, 2.45) is 5.73 Å². The topological polar surface area (TPSA) is 55.1 Å². The van der Waals surface area contributed by atoms with Crippen molar-refractivity contribution in [1.82, 2.24) is 5.32 Å². The van der Waals surface area contributed by atoms with Crippen molar-refractivity contribution in [3.05, 3.63) is 34.9 Å². The molecule has 3 N–H and O–H groups in total. The van der Waals surface area contributed by atoms with Crippen molar-refractivity contribution in [3.63, 3.8) is 0 Å². The van der Waals surface area contributed by atoms with Gasteiger partial charge in [0.2, 0.25) is 5.91 Å². The fourth-order valence-electron chi connectivity index (χ4n) is 2.18. The summed E-state index contributed by atoms with van der Waals surface area (Å²) in [5, 5.41) is 2.96. The standard InChI is InChI=1S/C15H24N2O/c1-4-9-17-15(18)14(7-8-16)13-6-5-11(2)10-12(13)3/h5-6,10,14H,4,7-9,16H2,1-3H3,(H,17,18). The highest BCUT2D eigenvalue weighted by molar-refractivity contribution is 5.84. The first kappa shape index (κ1) is 14.7. The summed E-state index contributed by atoms with van der Waals surface area (Å²) in [6, 6.07) is 6.22. The van der Waals surface area contributed by atoms with Gasteiger partial charge in [-0.3, -0.25) is 4.79 Å². The lowest BCUT2D eigenvalue weighted by Gasteiger charge is -2.18. The molecule has 18 heavy (non-hydrogen) atoms. The summed E-state index contributed by atoms with van der Waals surface area (Å²) in [5.74, 6) is -0.0311. The summed E-state index contributed by atoms with van der Waals surface area (Å²) in [5.41, 5.74) is 9.12. The van der Waals surface area contributed by atoms with Gasteiger partial charge in [0.1, 0.15) is 0 Å². The van der Waals surface area contributed by atoms with Crippen molar-refractivity contribution < 1.29 is 4.79 Å². The van der Waals surface area contributed by atoms with Gasteiger partial charge in [0.15, 0.2) is 0 Å². The molecule has 1 rings (SSSR count). The van der Waals surface area contributed by atoms with Gasteiger partial charge in [0, 0.05) is 6.54 Å². The molecule has 3 nitrogen and oxygen atoms in total. The predicted molar refractivity (Wildman–Crippen MR) is 75.6 cm³/mol. The second kappa shape index (κ2) is 7.17. The van der Waals surface area contributed by atoms with Crippen molar-refractivity contribution >= 4 is 5.91 Å². The number of aryl methyl sites for hydroxylation is 2. The van der Waals surface area contributed by atoms with Crippen LogP contribution in [0.1, 0.15) is 42.4 Å². The molecule has 1 amide bonds. The Kier molecular flexibility index (Phi) is 5.86. The molecule has 1 unspecified atom stereocenters. The third kappa shape index (κ3) is 3.84. The number of amides is 1. The normalized spacial score (nSPS) is 12.2. The largest absolute Gasteiger partial charge is 0.356 e. The fraction of sp³-hybridized carbons (Fsp3) is 0.533. The summed E-state index contributed by atoms with van der Waals surface area (Å²) in [6.45, 7) is 7.42. The molecule has 100 valence electrons. The molecule has 0 bridgehead atoms. The third-order valence-electron chi connectivity index (χ3n) is 3.12. The Hall–Kier alpha value is -1.35. The van der Waals surface area contributed by atoms with Crippen LogP contribution in [-0.4, -0.2) is 19.0 Å². The maximum atomic E-state index is 12.2. The number of rotatable bonds is 6. The zero-order valence-electron chi connectivity index (χ0n) is 11.6. The number of hydrogen-bond donors (Lipinski definition) is 2. The van der Waals surface area contributed by atoms with Crippen LogP contribution in [0.2, 0.25) is 0 Å². The van der Waals surface area contributed by atoms with E-state index < -0.39 is 0 Å². The van der Waals surface area contributed by atoms with Crippen LogP contribution >= 0.6 is 0 Å². The minimum Gasteiger partial charge on any atom is -0.356 e. The molecule has 0 heterocycles. The first-order valence-corrected chi connectivity index (χ1v) is 6.65. The van der Waals surface area contributed by atoms with Crippen LogP contribution < -0.4 is 11.1 Å². The lowest BCUT2D eigenvalue weighted by atomic mass is 9.90. The van der Waals surface area contributed by atoms with Crippen molar-refractivity contribution in [2.45, 2.75) is 39.5 Å². The first-order chi connectivity index (χ1) is 8.60. The lowest BCUT2D eigenvalue weighted by Crippen LogP contribution is -2.31. The first-order valence-electron chi connectivity index (χ1n) is 6.65. The van der Waals surface area contributed by atoms with Crippen molar-refractivity contribution in [3.8, 4) is 0 Å². The Balaban J connectivity index is 2.92. The van der Waals surface area contributed by atoms with Crippen LogP contribution in [0.4, 0.5) is 0 Å². The Bertz CT molecular complexity index is 401. The van der Waals surface area contributed by atoms with E-state index in [1.807, 2.05) is 0 Å². The molecule has 0 spiro atoms. The molecule has 0 saturated carbocycles. The molecule has 0 aliphatic heterocycles. The van der Waals surface area contributed by atoms with Crippen LogP contribution in [0.15, 0.2) is 18.2 Å². The molecule has 1 aromatic carbocycles. The highest BCUT2D eigenvalue weighted by atomic mass is 16.1. The average Bonchev–Trinajstić information content (AvgIpc) is 2.34. The van der Waals surface area contributed by atoms with E-state index in [0.717, 1.165) is 18.5 Å². The fourth-order valence-corrected chi connectivity index (χ4v) is 2.18. The molecule has 0 aliphatic carbocycles. The SMILES string of the molecule is CCCNC(=O)C(CCN)c1ccc(C)cc1C. The number of carbonyl (C=O) groups is 1. The zero-order valence-corrected chi connectivity index (χ0v) is 11.6. The van der Waals surface area contributed by atoms with E-state index in [-0.39, 0.29) is 11.8 Å². The zero-order chi connectivity index (χ0) is 13.5. The van der Waals surface area contributed by atoms with Gasteiger partial charge in [-0.15, -0.1) is 0 Å². The number of nitrogens with two attached hydrogens (primary N) is 1. The molecule has 0 aromatic heterocycles. The van der Waals surface area contributed by atoms with Gasteiger partial charge in [-0.05, 0) is 44.4 Å². The maximum Gasteiger partial charge on any atom is 0.227 e. The van der Waals surface area contributed by atoms with E-state index in [1.54, 1.807) is 0 Å². The summed E-state index contributed by atoms with van der Waals surface area (Å²) in [7, 11) is 0.